The third kappa shape index (κ3) is 3.82. The van der Waals surface area contributed by atoms with Crippen LogP contribution in [0.5, 0.6) is 5.75 Å². The number of Topliss-reactive ketones (excluding diaryl/α,β-unsaturated/α-hetero) is 1. The fourth-order valence-corrected chi connectivity index (χ4v) is 2.14. The van der Waals surface area contributed by atoms with Crippen LogP contribution >= 0.6 is 0 Å². The molecular formula is C16H18N2O3. The molecule has 1 saturated carbocycles. The van der Waals surface area contributed by atoms with E-state index in [9.17, 15) is 14.9 Å². The minimum Gasteiger partial charge on any atom is -0.484 e. The average Bonchev–Trinajstić information content (AvgIpc) is 3.30. The molecule has 2 rings (SSSR count). The molecule has 1 fully saturated rings. The van der Waals surface area contributed by atoms with E-state index < -0.39 is 5.54 Å². The summed E-state index contributed by atoms with van der Waals surface area (Å²) in [6.07, 6.45) is 1.94. The van der Waals surface area contributed by atoms with Crippen LogP contribution in [0.1, 0.15) is 37.0 Å². The first-order valence-corrected chi connectivity index (χ1v) is 6.90. The van der Waals surface area contributed by atoms with E-state index in [0.717, 1.165) is 12.8 Å². The van der Waals surface area contributed by atoms with Gasteiger partial charge in [0, 0.05) is 5.56 Å². The number of carbonyl (C=O) groups is 2. The molecule has 5 nitrogen and oxygen atoms in total. The Morgan fingerprint density at radius 1 is 1.38 bits per heavy atom. The third-order valence-corrected chi connectivity index (χ3v) is 3.66. The number of amides is 1. The van der Waals surface area contributed by atoms with Gasteiger partial charge in [-0.2, -0.15) is 5.26 Å². The van der Waals surface area contributed by atoms with E-state index in [4.69, 9.17) is 4.74 Å². The third-order valence-electron chi connectivity index (χ3n) is 3.66. The van der Waals surface area contributed by atoms with Crippen molar-refractivity contribution in [1.82, 2.24) is 5.32 Å². The number of hydrogen-bond acceptors (Lipinski definition) is 4. The van der Waals surface area contributed by atoms with Gasteiger partial charge in [0.25, 0.3) is 5.91 Å². The van der Waals surface area contributed by atoms with Gasteiger partial charge in [-0.3, -0.25) is 9.59 Å². The highest BCUT2D eigenvalue weighted by Crippen LogP contribution is 2.39. The molecule has 1 aromatic rings. The Morgan fingerprint density at radius 3 is 2.48 bits per heavy atom. The lowest BCUT2D eigenvalue weighted by molar-refractivity contribution is -0.124. The molecule has 0 aromatic heterocycles. The molecule has 21 heavy (non-hydrogen) atoms. The van der Waals surface area contributed by atoms with E-state index in [1.54, 1.807) is 31.2 Å². The smallest absolute Gasteiger partial charge is 0.259 e. The molecule has 0 saturated heterocycles. The SMILES string of the molecule is CC(=O)c1ccc(OCC(=O)N[C@](C)(C#N)C2CC2)cc1. The van der Waals surface area contributed by atoms with Gasteiger partial charge < -0.3 is 10.1 Å². The Balaban J connectivity index is 1.86. The molecule has 1 amide bonds. The molecule has 0 radical (unpaired) electrons. The monoisotopic (exact) mass is 286 g/mol. The second kappa shape index (κ2) is 5.96. The number of benzene rings is 1. The Bertz CT molecular complexity index is 585. The van der Waals surface area contributed by atoms with Crippen molar-refractivity contribution >= 4 is 11.7 Å². The molecule has 1 aromatic carbocycles. The summed E-state index contributed by atoms with van der Waals surface area (Å²) in [4.78, 5) is 23.0. The molecule has 110 valence electrons. The zero-order valence-corrected chi connectivity index (χ0v) is 12.2. The maximum absolute atomic E-state index is 11.9. The Hall–Kier alpha value is -2.35. The van der Waals surface area contributed by atoms with Crippen molar-refractivity contribution in [2.24, 2.45) is 5.92 Å². The van der Waals surface area contributed by atoms with E-state index >= 15 is 0 Å². The van der Waals surface area contributed by atoms with Crippen molar-refractivity contribution in [2.75, 3.05) is 6.61 Å². The number of hydrogen-bond donors (Lipinski definition) is 1. The van der Waals surface area contributed by atoms with E-state index in [0.29, 0.717) is 11.3 Å². The van der Waals surface area contributed by atoms with Crippen LogP contribution in [-0.4, -0.2) is 23.8 Å². The Kier molecular flexibility index (Phi) is 4.27. The van der Waals surface area contributed by atoms with E-state index in [1.165, 1.54) is 6.92 Å². The molecule has 0 unspecified atom stereocenters. The average molecular weight is 286 g/mol. The Morgan fingerprint density at radius 2 is 2.00 bits per heavy atom. The van der Waals surface area contributed by atoms with Crippen LogP contribution in [0.2, 0.25) is 0 Å². The standard InChI is InChI=1S/C16H18N2O3/c1-11(19)12-3-7-14(8-4-12)21-9-15(20)18-16(2,10-17)13-5-6-13/h3-4,7-8,13H,5-6,9H2,1-2H3,(H,18,20)/t16-/m1/s1. The molecule has 0 bridgehead atoms. The zero-order chi connectivity index (χ0) is 15.5. The predicted octanol–water partition coefficient (Wildman–Crippen LogP) is 2.08. The molecule has 1 N–H and O–H groups in total. The normalized spacial score (nSPS) is 16.4. The number of nitrogens with one attached hydrogen (secondary N) is 1. The lowest BCUT2D eigenvalue weighted by Gasteiger charge is -2.22. The van der Waals surface area contributed by atoms with Crippen molar-refractivity contribution in [3.05, 3.63) is 29.8 Å². The summed E-state index contributed by atoms with van der Waals surface area (Å²) in [5.74, 6) is 0.414. The lowest BCUT2D eigenvalue weighted by Crippen LogP contribution is -2.48. The highest BCUT2D eigenvalue weighted by atomic mass is 16.5. The van der Waals surface area contributed by atoms with Crippen LogP contribution in [0.4, 0.5) is 0 Å². The number of nitriles is 1. The van der Waals surface area contributed by atoms with Crippen LogP contribution in [-0.2, 0) is 4.79 Å². The Labute approximate surface area is 123 Å². The molecule has 0 spiro atoms. The largest absolute Gasteiger partial charge is 0.484 e. The second-order valence-electron chi connectivity index (χ2n) is 5.51. The van der Waals surface area contributed by atoms with E-state index in [1.807, 2.05) is 0 Å². The maximum atomic E-state index is 11.9. The minimum absolute atomic E-state index is 0.0199. The first-order chi connectivity index (χ1) is 9.94. The quantitative estimate of drug-likeness (QED) is 0.812. The summed E-state index contributed by atoms with van der Waals surface area (Å²) < 4.78 is 5.36. The van der Waals surface area contributed by atoms with Crippen molar-refractivity contribution in [2.45, 2.75) is 32.2 Å². The fourth-order valence-electron chi connectivity index (χ4n) is 2.14. The van der Waals surface area contributed by atoms with Crippen molar-refractivity contribution in [3.8, 4) is 11.8 Å². The van der Waals surface area contributed by atoms with Gasteiger partial charge >= 0.3 is 0 Å². The lowest BCUT2D eigenvalue weighted by atomic mass is 9.98. The fraction of sp³-hybridized carbons (Fsp3) is 0.438. The van der Waals surface area contributed by atoms with Crippen LogP contribution < -0.4 is 10.1 Å². The van der Waals surface area contributed by atoms with Gasteiger partial charge in [0.1, 0.15) is 11.3 Å². The highest BCUT2D eigenvalue weighted by Gasteiger charge is 2.43. The first kappa shape index (κ1) is 15.0. The molecule has 1 aliphatic carbocycles. The van der Waals surface area contributed by atoms with E-state index in [2.05, 4.69) is 11.4 Å². The van der Waals surface area contributed by atoms with Crippen LogP contribution in [0.25, 0.3) is 0 Å². The zero-order valence-electron chi connectivity index (χ0n) is 12.2. The van der Waals surface area contributed by atoms with Crippen molar-refractivity contribution in [3.63, 3.8) is 0 Å². The number of ketones is 1. The summed E-state index contributed by atoms with van der Waals surface area (Å²) >= 11 is 0. The summed E-state index contributed by atoms with van der Waals surface area (Å²) in [5.41, 5.74) is -0.212. The number of carbonyl (C=O) groups excluding carboxylic acids is 2. The number of nitrogens with zero attached hydrogens (tertiary/aromatic N) is 1. The van der Waals surface area contributed by atoms with Crippen LogP contribution in [0.3, 0.4) is 0 Å². The van der Waals surface area contributed by atoms with Crippen molar-refractivity contribution in [1.29, 1.82) is 5.26 Å². The molecule has 0 heterocycles. The van der Waals surface area contributed by atoms with Gasteiger partial charge in [0.05, 0.1) is 6.07 Å². The van der Waals surface area contributed by atoms with Gasteiger partial charge in [0.15, 0.2) is 12.4 Å². The highest BCUT2D eigenvalue weighted by molar-refractivity contribution is 5.94. The summed E-state index contributed by atoms with van der Waals surface area (Å²) in [6, 6.07) is 8.76. The topological polar surface area (TPSA) is 79.2 Å². The second-order valence-corrected chi connectivity index (χ2v) is 5.51. The maximum Gasteiger partial charge on any atom is 0.259 e. The van der Waals surface area contributed by atoms with Crippen LogP contribution in [0, 0.1) is 17.2 Å². The first-order valence-electron chi connectivity index (χ1n) is 6.90. The molecule has 1 aliphatic rings. The molecular weight excluding hydrogens is 268 g/mol. The van der Waals surface area contributed by atoms with Gasteiger partial charge in [-0.05, 0) is 56.9 Å². The van der Waals surface area contributed by atoms with Gasteiger partial charge in [-0.1, -0.05) is 0 Å². The number of rotatable bonds is 6. The molecule has 1 atom stereocenters. The van der Waals surface area contributed by atoms with Crippen LogP contribution in [0.15, 0.2) is 24.3 Å². The summed E-state index contributed by atoms with van der Waals surface area (Å²) in [5, 5.41) is 11.9. The minimum atomic E-state index is -0.807. The molecule has 0 aliphatic heterocycles. The van der Waals surface area contributed by atoms with Gasteiger partial charge in [-0.15, -0.1) is 0 Å². The van der Waals surface area contributed by atoms with Crippen molar-refractivity contribution < 1.29 is 14.3 Å². The summed E-state index contributed by atoms with van der Waals surface area (Å²) in [7, 11) is 0. The summed E-state index contributed by atoms with van der Waals surface area (Å²) in [6.45, 7) is 3.08. The predicted molar refractivity (Wildman–Crippen MR) is 76.8 cm³/mol. The van der Waals surface area contributed by atoms with Gasteiger partial charge in [-0.25, -0.2) is 0 Å². The molecule has 5 heteroatoms. The van der Waals surface area contributed by atoms with E-state index in [-0.39, 0.29) is 24.2 Å². The van der Waals surface area contributed by atoms with Gasteiger partial charge in [0.2, 0.25) is 0 Å². The number of ether oxygens (including phenoxy) is 1.